The number of hydrogen-bond donors (Lipinski definition) is 2. The van der Waals surface area contributed by atoms with Crippen LogP contribution in [0.5, 0.6) is 0 Å². The molecular weight excluding hydrogens is 244 g/mol. The number of rotatable bonds is 9. The molecule has 1 aromatic heterocycles. The van der Waals surface area contributed by atoms with Crippen molar-refractivity contribution in [2.75, 3.05) is 56.9 Å². The molecule has 0 saturated heterocycles. The summed E-state index contributed by atoms with van der Waals surface area (Å²) in [5, 5.41) is 6.16. The lowest BCUT2D eigenvalue weighted by atomic mass is 10.2. The molecule has 19 heavy (non-hydrogen) atoms. The van der Waals surface area contributed by atoms with Gasteiger partial charge >= 0.3 is 0 Å². The van der Waals surface area contributed by atoms with E-state index < -0.39 is 0 Å². The fraction of sp³-hybridized carbons (Fsp3) is 0.750. The molecule has 0 unspecified atom stereocenters. The molecule has 0 spiro atoms. The van der Waals surface area contributed by atoms with Gasteiger partial charge in [-0.15, -0.1) is 0 Å². The second kappa shape index (κ2) is 8.47. The van der Waals surface area contributed by atoms with Gasteiger partial charge in [-0.3, -0.25) is 0 Å². The lowest BCUT2D eigenvalue weighted by molar-refractivity contribution is 0.192. The van der Waals surface area contributed by atoms with E-state index in [2.05, 4.69) is 25.6 Å². The predicted molar refractivity (Wildman–Crippen MR) is 77.9 cm³/mol. The van der Waals surface area contributed by atoms with Crippen molar-refractivity contribution in [2.45, 2.75) is 19.3 Å². The van der Waals surface area contributed by atoms with E-state index in [0.29, 0.717) is 17.8 Å². The predicted octanol–water partition coefficient (Wildman–Crippen LogP) is 1.21. The van der Waals surface area contributed by atoms with Crippen molar-refractivity contribution in [2.24, 2.45) is 0 Å². The Morgan fingerprint density at radius 2 is 1.79 bits per heavy atom. The first-order chi connectivity index (χ1) is 9.17. The summed E-state index contributed by atoms with van der Waals surface area (Å²) >= 11 is 0. The lowest BCUT2D eigenvalue weighted by Gasteiger charge is -2.13. The molecule has 0 aliphatic heterocycles. The number of aromatic nitrogens is 3. The molecule has 1 rings (SSSR count). The molecule has 0 radical (unpaired) electrons. The molecule has 7 heteroatoms. The summed E-state index contributed by atoms with van der Waals surface area (Å²) in [6.07, 6.45) is 3.28. The topological polar surface area (TPSA) is 75.2 Å². The Morgan fingerprint density at radius 3 is 2.42 bits per heavy atom. The Labute approximate surface area is 114 Å². The van der Waals surface area contributed by atoms with Crippen LogP contribution in [0.1, 0.15) is 19.3 Å². The third kappa shape index (κ3) is 5.69. The second-order valence-electron chi connectivity index (χ2n) is 4.41. The highest BCUT2D eigenvalue weighted by atomic mass is 16.5. The van der Waals surface area contributed by atoms with Crippen LogP contribution in [0.3, 0.4) is 0 Å². The maximum Gasteiger partial charge on any atom is 0.231 e. The SMILES string of the molecule is CNc1nc(NCCCCCOC)nc(N(C)C)n1. The minimum absolute atomic E-state index is 0.570. The van der Waals surface area contributed by atoms with Crippen molar-refractivity contribution in [3.8, 4) is 0 Å². The number of hydrogen-bond acceptors (Lipinski definition) is 7. The van der Waals surface area contributed by atoms with Crippen LogP contribution in [0.15, 0.2) is 0 Å². The van der Waals surface area contributed by atoms with E-state index in [1.807, 2.05) is 19.0 Å². The second-order valence-corrected chi connectivity index (χ2v) is 4.41. The minimum Gasteiger partial charge on any atom is -0.385 e. The molecule has 0 bridgehead atoms. The van der Waals surface area contributed by atoms with Crippen LogP contribution in [0.4, 0.5) is 17.8 Å². The van der Waals surface area contributed by atoms with E-state index in [0.717, 1.165) is 32.4 Å². The van der Waals surface area contributed by atoms with Gasteiger partial charge < -0.3 is 20.3 Å². The van der Waals surface area contributed by atoms with Gasteiger partial charge in [-0.25, -0.2) is 0 Å². The molecule has 0 aliphatic carbocycles. The average Bonchev–Trinajstić information content (AvgIpc) is 2.42. The quantitative estimate of drug-likeness (QED) is 0.652. The van der Waals surface area contributed by atoms with Gasteiger partial charge in [0.2, 0.25) is 17.8 Å². The van der Waals surface area contributed by atoms with Crippen LogP contribution in [0, 0.1) is 0 Å². The van der Waals surface area contributed by atoms with Crippen molar-refractivity contribution < 1.29 is 4.74 Å². The van der Waals surface area contributed by atoms with Gasteiger partial charge in [0.1, 0.15) is 0 Å². The highest BCUT2D eigenvalue weighted by Crippen LogP contribution is 2.11. The van der Waals surface area contributed by atoms with Gasteiger partial charge in [-0.1, -0.05) is 0 Å². The zero-order valence-corrected chi connectivity index (χ0v) is 12.2. The van der Waals surface area contributed by atoms with Crippen LogP contribution < -0.4 is 15.5 Å². The van der Waals surface area contributed by atoms with Crippen molar-refractivity contribution in [3.05, 3.63) is 0 Å². The maximum absolute atomic E-state index is 5.01. The molecule has 2 N–H and O–H groups in total. The fourth-order valence-electron chi connectivity index (χ4n) is 1.50. The number of nitrogens with one attached hydrogen (secondary N) is 2. The highest BCUT2D eigenvalue weighted by molar-refractivity contribution is 5.42. The lowest BCUT2D eigenvalue weighted by Crippen LogP contribution is -2.16. The Kier molecular flexibility index (Phi) is 6.88. The first kappa shape index (κ1) is 15.4. The van der Waals surface area contributed by atoms with E-state index in [4.69, 9.17) is 4.74 Å². The van der Waals surface area contributed by atoms with Crippen molar-refractivity contribution in [1.82, 2.24) is 15.0 Å². The Balaban J connectivity index is 2.46. The van der Waals surface area contributed by atoms with Crippen molar-refractivity contribution in [1.29, 1.82) is 0 Å². The minimum atomic E-state index is 0.570. The van der Waals surface area contributed by atoms with E-state index >= 15 is 0 Å². The first-order valence-electron chi connectivity index (χ1n) is 6.51. The normalized spacial score (nSPS) is 10.3. The van der Waals surface area contributed by atoms with E-state index in [9.17, 15) is 0 Å². The van der Waals surface area contributed by atoms with Gasteiger partial charge in [0.25, 0.3) is 0 Å². The molecule has 0 atom stereocenters. The Hall–Kier alpha value is -1.63. The van der Waals surface area contributed by atoms with Gasteiger partial charge in [0.05, 0.1) is 0 Å². The number of anilines is 3. The molecular formula is C12H24N6O. The van der Waals surface area contributed by atoms with Gasteiger partial charge in [-0.05, 0) is 19.3 Å². The van der Waals surface area contributed by atoms with Gasteiger partial charge in [0, 0.05) is 41.4 Å². The van der Waals surface area contributed by atoms with Gasteiger partial charge in [-0.2, -0.15) is 15.0 Å². The smallest absolute Gasteiger partial charge is 0.231 e. The summed E-state index contributed by atoms with van der Waals surface area (Å²) in [4.78, 5) is 14.7. The fourth-order valence-corrected chi connectivity index (χ4v) is 1.50. The maximum atomic E-state index is 5.01. The summed E-state index contributed by atoms with van der Waals surface area (Å²) in [6.45, 7) is 1.67. The standard InChI is InChI=1S/C12H24N6O/c1-13-10-15-11(17-12(16-10)18(2)3)14-8-6-5-7-9-19-4/h5-9H2,1-4H3,(H2,13,14,15,16,17). The number of ether oxygens (including phenoxy) is 1. The molecule has 1 aromatic rings. The average molecular weight is 268 g/mol. The molecule has 108 valence electrons. The summed E-state index contributed by atoms with van der Waals surface area (Å²) in [7, 11) is 7.33. The van der Waals surface area contributed by atoms with Gasteiger partial charge in [0.15, 0.2) is 0 Å². The number of methoxy groups -OCH3 is 1. The van der Waals surface area contributed by atoms with E-state index in [-0.39, 0.29) is 0 Å². The Bertz CT molecular complexity index is 371. The molecule has 1 heterocycles. The first-order valence-corrected chi connectivity index (χ1v) is 6.51. The molecule has 7 nitrogen and oxygen atoms in total. The monoisotopic (exact) mass is 268 g/mol. The highest BCUT2D eigenvalue weighted by Gasteiger charge is 2.06. The zero-order chi connectivity index (χ0) is 14.1. The summed E-state index contributed by atoms with van der Waals surface area (Å²) in [6, 6.07) is 0. The molecule has 0 amide bonds. The summed E-state index contributed by atoms with van der Waals surface area (Å²) < 4.78 is 5.01. The van der Waals surface area contributed by atoms with Crippen LogP contribution in [-0.2, 0) is 4.74 Å². The molecule has 0 aliphatic rings. The zero-order valence-electron chi connectivity index (χ0n) is 12.2. The third-order valence-corrected chi connectivity index (χ3v) is 2.56. The summed E-state index contributed by atoms with van der Waals surface area (Å²) in [5.41, 5.74) is 0. The summed E-state index contributed by atoms with van der Waals surface area (Å²) in [5.74, 6) is 1.82. The van der Waals surface area contributed by atoms with Crippen molar-refractivity contribution >= 4 is 17.8 Å². The molecule has 0 fully saturated rings. The third-order valence-electron chi connectivity index (χ3n) is 2.56. The van der Waals surface area contributed by atoms with Crippen molar-refractivity contribution in [3.63, 3.8) is 0 Å². The number of unbranched alkanes of at least 4 members (excludes halogenated alkanes) is 2. The van der Waals surface area contributed by atoms with Crippen LogP contribution in [0.2, 0.25) is 0 Å². The van der Waals surface area contributed by atoms with E-state index in [1.54, 1.807) is 14.2 Å². The van der Waals surface area contributed by atoms with Crippen LogP contribution >= 0.6 is 0 Å². The molecule has 0 saturated carbocycles. The van der Waals surface area contributed by atoms with Crippen LogP contribution in [-0.4, -0.2) is 56.4 Å². The Morgan fingerprint density at radius 1 is 1.05 bits per heavy atom. The largest absolute Gasteiger partial charge is 0.385 e. The number of nitrogens with zero attached hydrogens (tertiary/aromatic N) is 4. The molecule has 0 aromatic carbocycles. The van der Waals surface area contributed by atoms with E-state index in [1.165, 1.54) is 0 Å². The van der Waals surface area contributed by atoms with Crippen LogP contribution in [0.25, 0.3) is 0 Å².